The van der Waals surface area contributed by atoms with Crippen molar-refractivity contribution in [1.82, 2.24) is 5.32 Å². The minimum Gasteiger partial charge on any atom is -0.295 e. The standard InChI is InChI=1S/C10H6Cl2FNO2/c11-5-3-1-2-4(8(5)13)6-7(12)10(16)14-9(6)15/h1-3,6-7H,(H,14,15,16). The maximum absolute atomic E-state index is 13.6. The summed E-state index contributed by atoms with van der Waals surface area (Å²) in [4.78, 5) is 22.6. The number of nitrogens with one attached hydrogen (secondary N) is 1. The number of imide groups is 1. The Morgan fingerprint density at radius 2 is 1.94 bits per heavy atom. The lowest BCUT2D eigenvalue weighted by atomic mass is 9.96. The minimum absolute atomic E-state index is 0.0378. The van der Waals surface area contributed by atoms with E-state index in [0.29, 0.717) is 0 Å². The van der Waals surface area contributed by atoms with Crippen LogP contribution in [0.4, 0.5) is 4.39 Å². The number of hydrogen-bond donors (Lipinski definition) is 1. The Labute approximate surface area is 101 Å². The van der Waals surface area contributed by atoms with Gasteiger partial charge >= 0.3 is 0 Å². The SMILES string of the molecule is O=C1NC(=O)C(c2cccc(Cl)c2F)C1Cl. The van der Waals surface area contributed by atoms with E-state index < -0.39 is 28.9 Å². The van der Waals surface area contributed by atoms with Gasteiger partial charge < -0.3 is 0 Å². The Kier molecular flexibility index (Phi) is 2.86. The Morgan fingerprint density at radius 1 is 1.25 bits per heavy atom. The molecule has 1 saturated heterocycles. The van der Waals surface area contributed by atoms with Crippen LogP contribution in [0, 0.1) is 5.82 Å². The predicted octanol–water partition coefficient (Wildman–Crippen LogP) is 1.83. The second-order valence-electron chi connectivity index (χ2n) is 3.38. The van der Waals surface area contributed by atoms with E-state index >= 15 is 0 Å². The van der Waals surface area contributed by atoms with E-state index in [1.807, 2.05) is 5.32 Å². The molecule has 1 aromatic rings. The van der Waals surface area contributed by atoms with Crippen LogP contribution in [0.1, 0.15) is 11.5 Å². The van der Waals surface area contributed by atoms with Crippen LogP contribution in [0.3, 0.4) is 0 Å². The van der Waals surface area contributed by atoms with Crippen molar-refractivity contribution >= 4 is 35.0 Å². The number of carbonyl (C=O) groups excluding carboxylic acids is 2. The van der Waals surface area contributed by atoms with Crippen LogP contribution in [0.5, 0.6) is 0 Å². The van der Waals surface area contributed by atoms with Crippen LogP contribution >= 0.6 is 23.2 Å². The zero-order valence-corrected chi connectivity index (χ0v) is 9.35. The fraction of sp³-hybridized carbons (Fsp3) is 0.200. The van der Waals surface area contributed by atoms with Crippen LogP contribution in [0.2, 0.25) is 5.02 Å². The Bertz CT molecular complexity index is 478. The van der Waals surface area contributed by atoms with Crippen molar-refractivity contribution in [3.8, 4) is 0 Å². The molecule has 1 aliphatic heterocycles. The first-order valence-corrected chi connectivity index (χ1v) is 5.26. The summed E-state index contributed by atoms with van der Waals surface area (Å²) in [5.41, 5.74) is 0.0378. The molecule has 16 heavy (non-hydrogen) atoms. The van der Waals surface area contributed by atoms with Crippen LogP contribution in [-0.2, 0) is 9.59 Å². The normalized spacial score (nSPS) is 24.7. The first-order chi connectivity index (χ1) is 7.52. The van der Waals surface area contributed by atoms with Gasteiger partial charge in [-0.2, -0.15) is 0 Å². The third-order valence-corrected chi connectivity index (χ3v) is 3.13. The molecule has 2 atom stereocenters. The van der Waals surface area contributed by atoms with Crippen LogP contribution in [-0.4, -0.2) is 17.2 Å². The van der Waals surface area contributed by atoms with Crippen molar-refractivity contribution < 1.29 is 14.0 Å². The van der Waals surface area contributed by atoms with Gasteiger partial charge in [-0.3, -0.25) is 14.9 Å². The molecule has 2 rings (SSSR count). The zero-order chi connectivity index (χ0) is 11.9. The highest BCUT2D eigenvalue weighted by molar-refractivity contribution is 6.37. The number of amides is 2. The Hall–Kier alpha value is -1.13. The highest BCUT2D eigenvalue weighted by Crippen LogP contribution is 2.32. The number of hydrogen-bond acceptors (Lipinski definition) is 2. The number of carbonyl (C=O) groups is 2. The molecule has 0 saturated carbocycles. The van der Waals surface area contributed by atoms with Crippen LogP contribution in [0.15, 0.2) is 18.2 Å². The smallest absolute Gasteiger partial charge is 0.245 e. The average molecular weight is 262 g/mol. The molecule has 0 aliphatic carbocycles. The molecule has 1 N–H and O–H groups in total. The lowest BCUT2D eigenvalue weighted by Crippen LogP contribution is -2.22. The maximum Gasteiger partial charge on any atom is 0.245 e. The fourth-order valence-electron chi connectivity index (χ4n) is 1.61. The van der Waals surface area contributed by atoms with Gasteiger partial charge in [0.15, 0.2) is 0 Å². The minimum atomic E-state index is -1.10. The lowest BCUT2D eigenvalue weighted by Gasteiger charge is -2.11. The molecular weight excluding hydrogens is 256 g/mol. The van der Waals surface area contributed by atoms with Crippen molar-refractivity contribution in [2.45, 2.75) is 11.3 Å². The Morgan fingerprint density at radius 3 is 2.50 bits per heavy atom. The number of alkyl halides is 1. The van der Waals surface area contributed by atoms with Crippen molar-refractivity contribution in [3.63, 3.8) is 0 Å². The third-order valence-electron chi connectivity index (χ3n) is 2.39. The summed E-state index contributed by atoms with van der Waals surface area (Å²) in [7, 11) is 0. The first-order valence-electron chi connectivity index (χ1n) is 4.45. The van der Waals surface area contributed by atoms with Crippen LogP contribution < -0.4 is 5.32 Å². The number of rotatable bonds is 1. The van der Waals surface area contributed by atoms with E-state index in [1.54, 1.807) is 0 Å². The molecule has 1 aliphatic rings. The van der Waals surface area contributed by atoms with Crippen molar-refractivity contribution in [3.05, 3.63) is 34.6 Å². The summed E-state index contributed by atoms with van der Waals surface area (Å²) < 4.78 is 13.6. The maximum atomic E-state index is 13.6. The topological polar surface area (TPSA) is 46.2 Å². The summed E-state index contributed by atoms with van der Waals surface area (Å²) in [6, 6.07) is 4.25. The van der Waals surface area contributed by atoms with E-state index in [9.17, 15) is 14.0 Å². The van der Waals surface area contributed by atoms with Crippen LogP contribution in [0.25, 0.3) is 0 Å². The van der Waals surface area contributed by atoms with E-state index in [4.69, 9.17) is 23.2 Å². The summed E-state index contributed by atoms with van der Waals surface area (Å²) >= 11 is 11.3. The number of benzene rings is 1. The molecule has 2 amide bonds. The molecule has 0 aromatic heterocycles. The second-order valence-corrected chi connectivity index (χ2v) is 4.25. The fourth-order valence-corrected chi connectivity index (χ4v) is 2.10. The lowest BCUT2D eigenvalue weighted by molar-refractivity contribution is -0.125. The van der Waals surface area contributed by atoms with Crippen molar-refractivity contribution in [2.75, 3.05) is 0 Å². The van der Waals surface area contributed by atoms with Crippen molar-refractivity contribution in [1.29, 1.82) is 0 Å². The van der Waals surface area contributed by atoms with E-state index in [-0.39, 0.29) is 10.6 Å². The largest absolute Gasteiger partial charge is 0.295 e. The molecule has 84 valence electrons. The predicted molar refractivity (Wildman–Crippen MR) is 56.9 cm³/mol. The first kappa shape index (κ1) is 11.4. The van der Waals surface area contributed by atoms with Crippen molar-refractivity contribution in [2.24, 2.45) is 0 Å². The highest BCUT2D eigenvalue weighted by atomic mass is 35.5. The zero-order valence-electron chi connectivity index (χ0n) is 7.84. The molecule has 1 heterocycles. The summed E-state index contributed by atoms with van der Waals surface area (Å²) in [6.07, 6.45) is 0. The molecule has 1 aromatic carbocycles. The van der Waals surface area contributed by atoms with Gasteiger partial charge in [0.05, 0.1) is 10.9 Å². The molecule has 0 bridgehead atoms. The molecule has 6 heteroatoms. The van der Waals surface area contributed by atoms with E-state index in [2.05, 4.69) is 0 Å². The van der Waals surface area contributed by atoms with Gasteiger partial charge in [0.2, 0.25) is 11.8 Å². The highest BCUT2D eigenvalue weighted by Gasteiger charge is 2.42. The van der Waals surface area contributed by atoms with E-state index in [1.165, 1.54) is 18.2 Å². The Balaban J connectivity index is 2.48. The van der Waals surface area contributed by atoms with Gasteiger partial charge in [-0.1, -0.05) is 23.7 Å². The number of halogens is 3. The summed E-state index contributed by atoms with van der Waals surface area (Å²) in [5.74, 6) is -2.96. The average Bonchev–Trinajstić information content (AvgIpc) is 2.47. The summed E-state index contributed by atoms with van der Waals surface area (Å²) in [6.45, 7) is 0. The molecule has 0 spiro atoms. The molecule has 2 unspecified atom stereocenters. The molecule has 1 fully saturated rings. The van der Waals surface area contributed by atoms with Gasteiger partial charge in [-0.25, -0.2) is 4.39 Å². The monoisotopic (exact) mass is 261 g/mol. The molecule has 3 nitrogen and oxygen atoms in total. The van der Waals surface area contributed by atoms with Gasteiger partial charge in [0.1, 0.15) is 11.2 Å². The van der Waals surface area contributed by atoms with Gasteiger partial charge in [0, 0.05) is 5.56 Å². The van der Waals surface area contributed by atoms with Gasteiger partial charge in [0.25, 0.3) is 0 Å². The second kappa shape index (κ2) is 4.03. The summed E-state index contributed by atoms with van der Waals surface area (Å²) in [5, 5.41) is 0.842. The van der Waals surface area contributed by atoms with Gasteiger partial charge in [-0.05, 0) is 6.07 Å². The quantitative estimate of drug-likeness (QED) is 0.620. The third kappa shape index (κ3) is 1.68. The molecule has 0 radical (unpaired) electrons. The molecular formula is C10H6Cl2FNO2. The van der Waals surface area contributed by atoms with E-state index in [0.717, 1.165) is 0 Å². The van der Waals surface area contributed by atoms with Gasteiger partial charge in [-0.15, -0.1) is 11.6 Å².